The van der Waals surface area contributed by atoms with Crippen molar-refractivity contribution < 1.29 is 8.78 Å². The molecule has 0 atom stereocenters. The van der Waals surface area contributed by atoms with Crippen LogP contribution in [0.2, 0.25) is 0 Å². The van der Waals surface area contributed by atoms with Gasteiger partial charge in [0.25, 0.3) is 0 Å². The first-order valence-electron chi connectivity index (χ1n) is 7.70. The molecule has 0 aliphatic rings. The van der Waals surface area contributed by atoms with E-state index in [2.05, 4.69) is 15.0 Å². The van der Waals surface area contributed by atoms with E-state index in [0.29, 0.717) is 16.8 Å². The van der Waals surface area contributed by atoms with Gasteiger partial charge in [-0.15, -0.1) is 0 Å². The lowest BCUT2D eigenvalue weighted by Gasteiger charge is -2.13. The first-order valence-corrected chi connectivity index (χ1v) is 7.70. The van der Waals surface area contributed by atoms with Gasteiger partial charge in [-0.3, -0.25) is 0 Å². The van der Waals surface area contributed by atoms with Crippen LogP contribution in [0, 0.1) is 23.0 Å². The monoisotopic (exact) mass is 347 g/mol. The van der Waals surface area contributed by atoms with E-state index < -0.39 is 11.6 Å². The molecule has 0 amide bonds. The second-order valence-corrected chi connectivity index (χ2v) is 5.74. The van der Waals surface area contributed by atoms with Crippen LogP contribution in [-0.2, 0) is 7.05 Å². The zero-order chi connectivity index (χ0) is 18.3. The fraction of sp³-hybridized carbons (Fsp3) is 0.0526. The Bertz CT molecular complexity index is 1180. The normalized spacial score (nSPS) is 10.8. The molecular formula is C19H11F2N5. The molecule has 0 spiro atoms. The molecule has 126 valence electrons. The summed E-state index contributed by atoms with van der Waals surface area (Å²) in [7, 11) is 1.85. The number of nitriles is 1. The summed E-state index contributed by atoms with van der Waals surface area (Å²) in [6.07, 6.45) is 4.42. The molecule has 0 saturated carbocycles. The summed E-state index contributed by atoms with van der Waals surface area (Å²) < 4.78 is 30.8. The highest BCUT2D eigenvalue weighted by Crippen LogP contribution is 2.38. The minimum atomic E-state index is -1.09. The molecule has 0 N–H and O–H groups in total. The lowest BCUT2D eigenvalue weighted by atomic mass is 9.92. The van der Waals surface area contributed by atoms with Gasteiger partial charge in [0.15, 0.2) is 11.6 Å². The van der Waals surface area contributed by atoms with E-state index in [9.17, 15) is 14.0 Å². The van der Waals surface area contributed by atoms with E-state index in [4.69, 9.17) is 0 Å². The van der Waals surface area contributed by atoms with Gasteiger partial charge in [-0.2, -0.15) is 5.26 Å². The number of hydrogen-bond acceptors (Lipinski definition) is 4. The molecule has 0 bridgehead atoms. The summed E-state index contributed by atoms with van der Waals surface area (Å²) in [6, 6.07) is 9.48. The molecule has 26 heavy (non-hydrogen) atoms. The van der Waals surface area contributed by atoms with Gasteiger partial charge in [-0.1, -0.05) is 6.07 Å². The highest BCUT2D eigenvalue weighted by atomic mass is 19.2. The van der Waals surface area contributed by atoms with Gasteiger partial charge in [0.1, 0.15) is 6.33 Å². The van der Waals surface area contributed by atoms with Gasteiger partial charge >= 0.3 is 0 Å². The Morgan fingerprint density at radius 1 is 1.08 bits per heavy atom. The van der Waals surface area contributed by atoms with Crippen molar-refractivity contribution in [1.82, 2.24) is 19.5 Å². The van der Waals surface area contributed by atoms with Gasteiger partial charge in [0.05, 0.1) is 34.7 Å². The van der Waals surface area contributed by atoms with Crippen LogP contribution in [0.25, 0.3) is 33.4 Å². The molecule has 0 unspecified atom stereocenters. The first-order chi connectivity index (χ1) is 12.6. The Labute approximate surface area is 147 Å². The summed E-state index contributed by atoms with van der Waals surface area (Å²) in [5.74, 6) is -2.12. The van der Waals surface area contributed by atoms with Gasteiger partial charge in [-0.25, -0.2) is 23.7 Å². The molecule has 0 radical (unpaired) electrons. The number of halogens is 2. The predicted molar refractivity (Wildman–Crippen MR) is 91.8 cm³/mol. The van der Waals surface area contributed by atoms with Crippen molar-refractivity contribution in [3.05, 3.63) is 66.4 Å². The fourth-order valence-electron chi connectivity index (χ4n) is 2.98. The van der Waals surface area contributed by atoms with E-state index in [1.165, 1.54) is 12.5 Å². The molecule has 2 heterocycles. The average Bonchev–Trinajstić information content (AvgIpc) is 3.04. The lowest BCUT2D eigenvalue weighted by molar-refractivity contribution is 0.511. The van der Waals surface area contributed by atoms with Crippen LogP contribution in [0.1, 0.15) is 5.56 Å². The predicted octanol–water partition coefficient (Wildman–Crippen LogP) is 3.85. The molecule has 7 heteroatoms. The Morgan fingerprint density at radius 2 is 1.92 bits per heavy atom. The molecule has 4 aromatic rings. The Kier molecular flexibility index (Phi) is 3.66. The highest BCUT2D eigenvalue weighted by molar-refractivity contribution is 5.90. The lowest BCUT2D eigenvalue weighted by Crippen LogP contribution is -1.99. The summed E-state index contributed by atoms with van der Waals surface area (Å²) >= 11 is 0. The first kappa shape index (κ1) is 15.8. The van der Waals surface area contributed by atoms with Crippen molar-refractivity contribution in [2.75, 3.05) is 0 Å². The summed E-state index contributed by atoms with van der Waals surface area (Å²) in [5, 5.41) is 9.44. The zero-order valence-electron chi connectivity index (χ0n) is 13.6. The molecule has 0 fully saturated rings. The molecule has 4 rings (SSSR count). The minimum absolute atomic E-state index is 0.00119. The van der Waals surface area contributed by atoms with Crippen LogP contribution in [0.3, 0.4) is 0 Å². The van der Waals surface area contributed by atoms with Crippen molar-refractivity contribution in [2.24, 2.45) is 7.05 Å². The molecule has 0 aliphatic heterocycles. The number of fused-ring (bicyclic) bond motifs is 1. The van der Waals surface area contributed by atoms with Gasteiger partial charge < -0.3 is 4.57 Å². The van der Waals surface area contributed by atoms with E-state index >= 15 is 0 Å². The number of hydrogen-bond donors (Lipinski definition) is 0. The Balaban J connectivity index is 2.08. The van der Waals surface area contributed by atoms with E-state index in [0.717, 1.165) is 11.6 Å². The van der Waals surface area contributed by atoms with Crippen LogP contribution in [0.15, 0.2) is 49.2 Å². The number of aromatic nitrogens is 4. The van der Waals surface area contributed by atoms with Gasteiger partial charge in [-0.05, 0) is 29.8 Å². The maximum absolute atomic E-state index is 14.8. The summed E-state index contributed by atoms with van der Waals surface area (Å²) in [6.45, 7) is 0. The van der Waals surface area contributed by atoms with Crippen LogP contribution < -0.4 is 0 Å². The number of rotatable bonds is 2. The molecule has 2 aromatic carbocycles. The molecule has 0 saturated heterocycles. The van der Waals surface area contributed by atoms with Crippen LogP contribution in [0.4, 0.5) is 8.78 Å². The third-order valence-corrected chi connectivity index (χ3v) is 4.19. The largest absolute Gasteiger partial charge is 0.334 e. The number of benzene rings is 2. The SMILES string of the molecule is Cn1cnc2cc(-c3c(F)c(F)cc(C#N)c3-c3ccncn3)ccc21. The van der Waals surface area contributed by atoms with Gasteiger partial charge in [0.2, 0.25) is 0 Å². The van der Waals surface area contributed by atoms with Crippen LogP contribution in [0.5, 0.6) is 0 Å². The third kappa shape index (κ3) is 2.40. The highest BCUT2D eigenvalue weighted by Gasteiger charge is 2.22. The topological polar surface area (TPSA) is 67.4 Å². The van der Waals surface area contributed by atoms with E-state index in [1.807, 2.05) is 17.7 Å². The third-order valence-electron chi connectivity index (χ3n) is 4.19. The summed E-state index contributed by atoms with van der Waals surface area (Å²) in [4.78, 5) is 12.2. The fourth-order valence-corrected chi connectivity index (χ4v) is 2.98. The molecule has 2 aromatic heterocycles. The number of imidazole rings is 1. The molecule has 0 aliphatic carbocycles. The van der Waals surface area contributed by atoms with Gasteiger partial charge in [0, 0.05) is 24.4 Å². The quantitative estimate of drug-likeness (QED) is 0.552. The van der Waals surface area contributed by atoms with Crippen molar-refractivity contribution in [3.63, 3.8) is 0 Å². The Hall–Kier alpha value is -3.66. The van der Waals surface area contributed by atoms with E-state index in [-0.39, 0.29) is 16.7 Å². The molecular weight excluding hydrogens is 336 g/mol. The second kappa shape index (κ2) is 6.01. The Morgan fingerprint density at radius 3 is 2.65 bits per heavy atom. The summed E-state index contributed by atoms with van der Waals surface area (Å²) in [5.41, 5.74) is 2.45. The molecule has 5 nitrogen and oxygen atoms in total. The van der Waals surface area contributed by atoms with Crippen molar-refractivity contribution in [2.45, 2.75) is 0 Å². The van der Waals surface area contributed by atoms with Crippen molar-refractivity contribution in [1.29, 1.82) is 5.26 Å². The minimum Gasteiger partial charge on any atom is -0.334 e. The van der Waals surface area contributed by atoms with Crippen molar-refractivity contribution >= 4 is 11.0 Å². The van der Waals surface area contributed by atoms with Crippen LogP contribution >= 0.6 is 0 Å². The average molecular weight is 347 g/mol. The maximum Gasteiger partial charge on any atom is 0.167 e. The zero-order valence-corrected chi connectivity index (χ0v) is 13.6. The standard InChI is InChI=1S/C19H11F2N5/c1-26-10-25-15-7-11(2-3-16(15)26)18-17(14-4-5-23-9-24-14)12(8-22)6-13(20)19(18)21/h2-7,9-10H,1H3. The van der Waals surface area contributed by atoms with Crippen molar-refractivity contribution in [3.8, 4) is 28.5 Å². The number of nitrogens with zero attached hydrogens (tertiary/aromatic N) is 5. The smallest absolute Gasteiger partial charge is 0.167 e. The maximum atomic E-state index is 14.8. The number of aryl methyl sites for hydroxylation is 1. The van der Waals surface area contributed by atoms with Crippen LogP contribution in [-0.4, -0.2) is 19.5 Å². The van der Waals surface area contributed by atoms with E-state index in [1.54, 1.807) is 30.6 Å². The second-order valence-electron chi connectivity index (χ2n) is 5.74.